The third-order valence-electron chi connectivity index (χ3n) is 1.89. The van der Waals surface area contributed by atoms with Crippen molar-refractivity contribution in [1.82, 2.24) is 0 Å². The van der Waals surface area contributed by atoms with E-state index >= 15 is 0 Å². The molecule has 0 saturated carbocycles. The van der Waals surface area contributed by atoms with E-state index < -0.39 is 5.97 Å². The topological polar surface area (TPSA) is 63.3 Å². The van der Waals surface area contributed by atoms with Crippen LogP contribution < -0.4 is 5.73 Å². The van der Waals surface area contributed by atoms with Gasteiger partial charge in [0, 0.05) is 6.04 Å². The van der Waals surface area contributed by atoms with Gasteiger partial charge in [-0.15, -0.1) is 0 Å². The number of carboxylic acids is 1. The predicted octanol–water partition coefficient (Wildman–Crippen LogP) is 1.22. The highest BCUT2D eigenvalue weighted by Crippen LogP contribution is 2.10. The Morgan fingerprint density at radius 3 is 2.55 bits per heavy atom. The Morgan fingerprint density at radius 2 is 2.18 bits per heavy atom. The molecule has 0 aliphatic carbocycles. The lowest BCUT2D eigenvalue weighted by Crippen LogP contribution is -2.30. The summed E-state index contributed by atoms with van der Waals surface area (Å²) in [6.07, 6.45) is 2.16. The van der Waals surface area contributed by atoms with Crippen molar-refractivity contribution in [2.75, 3.05) is 0 Å². The molecule has 0 aliphatic heterocycles. The maximum Gasteiger partial charge on any atom is 0.304 e. The van der Waals surface area contributed by atoms with Crippen molar-refractivity contribution in [3.63, 3.8) is 0 Å². The van der Waals surface area contributed by atoms with Gasteiger partial charge >= 0.3 is 5.97 Å². The molecular weight excluding hydrogens is 142 g/mol. The largest absolute Gasteiger partial charge is 0.481 e. The molecule has 0 rings (SSSR count). The Hall–Kier alpha value is -0.570. The van der Waals surface area contributed by atoms with Gasteiger partial charge in [-0.1, -0.05) is 20.3 Å². The molecule has 0 fully saturated rings. The first-order chi connectivity index (χ1) is 5.07. The van der Waals surface area contributed by atoms with Crippen LogP contribution in [0.4, 0.5) is 0 Å². The van der Waals surface area contributed by atoms with Crippen molar-refractivity contribution >= 4 is 5.97 Å². The van der Waals surface area contributed by atoms with Crippen LogP contribution in [0.25, 0.3) is 0 Å². The number of hydrogen-bond donors (Lipinski definition) is 2. The van der Waals surface area contributed by atoms with Crippen LogP contribution in [-0.2, 0) is 4.79 Å². The van der Waals surface area contributed by atoms with Gasteiger partial charge in [0.2, 0.25) is 0 Å². The van der Waals surface area contributed by atoms with Crippen molar-refractivity contribution < 1.29 is 9.90 Å². The predicted molar refractivity (Wildman–Crippen MR) is 44.3 cm³/mol. The maximum absolute atomic E-state index is 10.2. The summed E-state index contributed by atoms with van der Waals surface area (Å²) in [6.45, 7) is 4.07. The summed E-state index contributed by atoms with van der Waals surface area (Å²) in [5.74, 6) is -0.489. The Labute approximate surface area is 67.6 Å². The molecule has 0 heterocycles. The molecule has 0 aliphatic rings. The Kier molecular flexibility index (Phi) is 4.86. The van der Waals surface area contributed by atoms with Gasteiger partial charge in [0.1, 0.15) is 0 Å². The SMILES string of the molecule is CCC[C@@H](C)[C@@H](N)CC(=O)O. The zero-order valence-electron chi connectivity index (χ0n) is 7.21. The first-order valence-corrected chi connectivity index (χ1v) is 4.05. The van der Waals surface area contributed by atoms with Gasteiger partial charge in [0.05, 0.1) is 6.42 Å². The summed E-state index contributed by atoms with van der Waals surface area (Å²) < 4.78 is 0. The Balaban J connectivity index is 3.63. The van der Waals surface area contributed by atoms with Gasteiger partial charge in [0.15, 0.2) is 0 Å². The fourth-order valence-corrected chi connectivity index (χ4v) is 1.07. The quantitative estimate of drug-likeness (QED) is 0.634. The minimum Gasteiger partial charge on any atom is -0.481 e. The van der Waals surface area contributed by atoms with Crippen molar-refractivity contribution in [3.8, 4) is 0 Å². The van der Waals surface area contributed by atoms with Gasteiger partial charge in [-0.3, -0.25) is 4.79 Å². The number of carbonyl (C=O) groups is 1. The molecule has 0 radical (unpaired) electrons. The van der Waals surface area contributed by atoms with E-state index in [1.54, 1.807) is 0 Å². The molecule has 0 amide bonds. The summed E-state index contributed by atoms with van der Waals surface area (Å²) >= 11 is 0. The lowest BCUT2D eigenvalue weighted by Gasteiger charge is -2.16. The van der Waals surface area contributed by atoms with Crippen LogP contribution in [0, 0.1) is 5.92 Å². The molecule has 0 unspecified atom stereocenters. The highest BCUT2D eigenvalue weighted by Gasteiger charge is 2.14. The van der Waals surface area contributed by atoms with E-state index in [1.807, 2.05) is 6.92 Å². The number of rotatable bonds is 5. The molecule has 0 bridgehead atoms. The smallest absolute Gasteiger partial charge is 0.304 e. The van der Waals surface area contributed by atoms with Crippen molar-refractivity contribution in [2.45, 2.75) is 39.2 Å². The van der Waals surface area contributed by atoms with Crippen molar-refractivity contribution in [3.05, 3.63) is 0 Å². The number of hydrogen-bond acceptors (Lipinski definition) is 2. The molecule has 3 N–H and O–H groups in total. The summed E-state index contributed by atoms with van der Waals surface area (Å²) in [7, 11) is 0. The standard InChI is InChI=1S/C8H17NO2/c1-3-4-6(2)7(9)5-8(10)11/h6-7H,3-5,9H2,1-2H3,(H,10,11)/t6-,7+/m1/s1. The monoisotopic (exact) mass is 159 g/mol. The number of aliphatic carboxylic acids is 1. The van der Waals surface area contributed by atoms with Crippen LogP contribution >= 0.6 is 0 Å². The van der Waals surface area contributed by atoms with E-state index in [2.05, 4.69) is 6.92 Å². The average Bonchev–Trinajstić information content (AvgIpc) is 1.86. The van der Waals surface area contributed by atoms with Gasteiger partial charge in [-0.2, -0.15) is 0 Å². The van der Waals surface area contributed by atoms with Crippen LogP contribution in [0.15, 0.2) is 0 Å². The summed E-state index contributed by atoms with van der Waals surface area (Å²) in [6, 6.07) is -0.188. The van der Waals surface area contributed by atoms with Crippen LogP contribution in [0.2, 0.25) is 0 Å². The second-order valence-electron chi connectivity index (χ2n) is 3.03. The number of carboxylic acid groups (broad SMARTS) is 1. The number of nitrogens with two attached hydrogens (primary N) is 1. The summed E-state index contributed by atoms with van der Waals surface area (Å²) in [5.41, 5.74) is 5.62. The lowest BCUT2D eigenvalue weighted by molar-refractivity contribution is -0.137. The van der Waals surface area contributed by atoms with Gasteiger partial charge in [-0.25, -0.2) is 0 Å². The van der Waals surface area contributed by atoms with Crippen LogP contribution in [0.1, 0.15) is 33.1 Å². The normalized spacial score (nSPS) is 15.9. The highest BCUT2D eigenvalue weighted by atomic mass is 16.4. The molecule has 0 aromatic rings. The van der Waals surface area contributed by atoms with E-state index in [9.17, 15) is 4.79 Å². The van der Waals surface area contributed by atoms with Gasteiger partial charge in [0.25, 0.3) is 0 Å². The molecule has 0 aromatic carbocycles. The van der Waals surface area contributed by atoms with E-state index in [1.165, 1.54) is 0 Å². The second-order valence-corrected chi connectivity index (χ2v) is 3.03. The Bertz CT molecular complexity index is 125. The van der Waals surface area contributed by atoms with Crippen LogP contribution in [-0.4, -0.2) is 17.1 Å². The highest BCUT2D eigenvalue weighted by molar-refractivity contribution is 5.67. The zero-order chi connectivity index (χ0) is 8.85. The van der Waals surface area contributed by atoms with E-state index in [-0.39, 0.29) is 12.5 Å². The van der Waals surface area contributed by atoms with Gasteiger partial charge < -0.3 is 10.8 Å². The molecule has 2 atom stereocenters. The molecule has 66 valence electrons. The molecule has 3 heteroatoms. The Morgan fingerprint density at radius 1 is 1.64 bits per heavy atom. The maximum atomic E-state index is 10.2. The first kappa shape index (κ1) is 10.4. The second kappa shape index (κ2) is 5.13. The zero-order valence-corrected chi connectivity index (χ0v) is 7.21. The van der Waals surface area contributed by atoms with Gasteiger partial charge in [-0.05, 0) is 12.3 Å². The van der Waals surface area contributed by atoms with Crippen molar-refractivity contribution in [2.24, 2.45) is 11.7 Å². The minimum atomic E-state index is -0.805. The van der Waals surface area contributed by atoms with E-state index in [4.69, 9.17) is 10.8 Å². The summed E-state index contributed by atoms with van der Waals surface area (Å²) in [4.78, 5) is 10.2. The first-order valence-electron chi connectivity index (χ1n) is 4.05. The third kappa shape index (κ3) is 4.79. The van der Waals surface area contributed by atoms with Crippen molar-refractivity contribution in [1.29, 1.82) is 0 Å². The third-order valence-corrected chi connectivity index (χ3v) is 1.89. The van der Waals surface area contributed by atoms with E-state index in [0.29, 0.717) is 5.92 Å². The molecule has 3 nitrogen and oxygen atoms in total. The van der Waals surface area contributed by atoms with Crippen LogP contribution in [0.5, 0.6) is 0 Å². The lowest BCUT2D eigenvalue weighted by atomic mass is 9.95. The molecular formula is C8H17NO2. The summed E-state index contributed by atoms with van der Waals surface area (Å²) in [5, 5.41) is 8.42. The minimum absolute atomic E-state index is 0.0845. The molecule has 0 aromatic heterocycles. The molecule has 0 saturated heterocycles. The average molecular weight is 159 g/mol. The fourth-order valence-electron chi connectivity index (χ4n) is 1.07. The molecule has 0 spiro atoms. The van der Waals surface area contributed by atoms with Crippen LogP contribution in [0.3, 0.4) is 0 Å². The van der Waals surface area contributed by atoms with E-state index in [0.717, 1.165) is 12.8 Å². The fraction of sp³-hybridized carbons (Fsp3) is 0.875. The molecule has 11 heavy (non-hydrogen) atoms.